The number of rotatable bonds is 7. The Balaban J connectivity index is 1.57. The SMILES string of the molecule is Cc1c(C)c(C)c(S(=O)(=O)N2CCC(C(=O)NCCCN3CCCC3)CC2)c(C)c1C. The molecule has 0 aliphatic carbocycles. The van der Waals surface area contributed by atoms with Crippen molar-refractivity contribution in [1.82, 2.24) is 14.5 Å². The third-order valence-corrected chi connectivity index (χ3v) is 9.68. The summed E-state index contributed by atoms with van der Waals surface area (Å²) >= 11 is 0. The number of nitrogens with one attached hydrogen (secondary N) is 1. The van der Waals surface area contributed by atoms with Crippen molar-refractivity contribution in [3.8, 4) is 0 Å². The first kappa shape index (κ1) is 24.2. The van der Waals surface area contributed by atoms with Crippen LogP contribution in [0.2, 0.25) is 0 Å². The molecule has 174 valence electrons. The fourth-order valence-corrected chi connectivity index (χ4v) is 7.03. The molecule has 7 heteroatoms. The predicted molar refractivity (Wildman–Crippen MR) is 125 cm³/mol. The lowest BCUT2D eigenvalue weighted by Gasteiger charge is -2.32. The number of carbonyl (C=O) groups excluding carboxylic acids is 1. The molecule has 1 amide bonds. The molecule has 2 fully saturated rings. The molecule has 2 aliphatic rings. The molecule has 0 spiro atoms. The van der Waals surface area contributed by atoms with Crippen molar-refractivity contribution in [2.45, 2.75) is 71.6 Å². The number of likely N-dealkylation sites (tertiary alicyclic amines) is 1. The van der Waals surface area contributed by atoms with Crippen molar-refractivity contribution in [1.29, 1.82) is 0 Å². The van der Waals surface area contributed by atoms with Gasteiger partial charge in [-0.2, -0.15) is 4.31 Å². The lowest BCUT2D eigenvalue weighted by molar-refractivity contribution is -0.126. The highest BCUT2D eigenvalue weighted by Crippen LogP contribution is 2.33. The van der Waals surface area contributed by atoms with Crippen molar-refractivity contribution >= 4 is 15.9 Å². The van der Waals surface area contributed by atoms with Crippen LogP contribution in [0.3, 0.4) is 0 Å². The molecule has 31 heavy (non-hydrogen) atoms. The highest BCUT2D eigenvalue weighted by Gasteiger charge is 2.34. The molecule has 2 aliphatic heterocycles. The first-order valence-electron chi connectivity index (χ1n) is 11.7. The summed E-state index contributed by atoms with van der Waals surface area (Å²) in [4.78, 5) is 15.5. The molecule has 0 bridgehead atoms. The highest BCUT2D eigenvalue weighted by atomic mass is 32.2. The molecule has 1 aromatic rings. The van der Waals surface area contributed by atoms with Crippen molar-refractivity contribution in [2.75, 3.05) is 39.3 Å². The second-order valence-electron chi connectivity index (χ2n) is 9.33. The number of hydrogen-bond donors (Lipinski definition) is 1. The van der Waals surface area contributed by atoms with E-state index < -0.39 is 10.0 Å². The van der Waals surface area contributed by atoms with Gasteiger partial charge in [-0.05, 0) is 114 Å². The quantitative estimate of drug-likeness (QED) is 0.649. The van der Waals surface area contributed by atoms with E-state index in [2.05, 4.69) is 17.1 Å². The maximum absolute atomic E-state index is 13.5. The van der Waals surface area contributed by atoms with Gasteiger partial charge in [-0.25, -0.2) is 8.42 Å². The fourth-order valence-electron chi connectivity index (χ4n) is 5.00. The van der Waals surface area contributed by atoms with Gasteiger partial charge >= 0.3 is 0 Å². The van der Waals surface area contributed by atoms with Crippen LogP contribution < -0.4 is 5.32 Å². The summed E-state index contributed by atoms with van der Waals surface area (Å²) in [5, 5.41) is 3.07. The molecule has 3 rings (SSSR count). The number of amides is 1. The minimum atomic E-state index is -3.57. The second kappa shape index (κ2) is 10.0. The molecule has 1 N–H and O–H groups in total. The highest BCUT2D eigenvalue weighted by molar-refractivity contribution is 7.89. The smallest absolute Gasteiger partial charge is 0.243 e. The Hall–Kier alpha value is -1.44. The number of hydrogen-bond acceptors (Lipinski definition) is 4. The minimum absolute atomic E-state index is 0.0767. The number of nitrogens with zero attached hydrogens (tertiary/aromatic N) is 2. The van der Waals surface area contributed by atoms with E-state index >= 15 is 0 Å². The Labute approximate surface area is 188 Å². The van der Waals surface area contributed by atoms with E-state index in [1.165, 1.54) is 25.9 Å². The molecule has 0 aromatic heterocycles. The van der Waals surface area contributed by atoms with Crippen LogP contribution in [0.15, 0.2) is 4.90 Å². The van der Waals surface area contributed by atoms with Gasteiger partial charge in [0.1, 0.15) is 0 Å². The molecule has 6 nitrogen and oxygen atoms in total. The monoisotopic (exact) mass is 449 g/mol. The molecule has 0 saturated carbocycles. The van der Waals surface area contributed by atoms with E-state index in [9.17, 15) is 13.2 Å². The van der Waals surface area contributed by atoms with Crippen LogP contribution in [-0.4, -0.2) is 62.8 Å². The summed E-state index contributed by atoms with van der Waals surface area (Å²) in [6.07, 6.45) is 4.71. The van der Waals surface area contributed by atoms with Gasteiger partial charge < -0.3 is 10.2 Å². The van der Waals surface area contributed by atoms with Crippen molar-refractivity contribution < 1.29 is 13.2 Å². The molecule has 0 atom stereocenters. The minimum Gasteiger partial charge on any atom is -0.356 e. The number of sulfonamides is 1. The van der Waals surface area contributed by atoms with Crippen molar-refractivity contribution in [3.63, 3.8) is 0 Å². The largest absolute Gasteiger partial charge is 0.356 e. The predicted octanol–water partition coefficient (Wildman–Crippen LogP) is 3.23. The molecular weight excluding hydrogens is 410 g/mol. The van der Waals surface area contributed by atoms with Crippen LogP contribution in [0.25, 0.3) is 0 Å². The van der Waals surface area contributed by atoms with Crippen LogP contribution in [0.5, 0.6) is 0 Å². The van der Waals surface area contributed by atoms with E-state index in [1.54, 1.807) is 4.31 Å². The lowest BCUT2D eigenvalue weighted by Crippen LogP contribution is -2.43. The topological polar surface area (TPSA) is 69.7 Å². The van der Waals surface area contributed by atoms with Gasteiger partial charge in [-0.3, -0.25) is 4.79 Å². The molecule has 0 radical (unpaired) electrons. The Bertz CT molecular complexity index is 883. The Morgan fingerprint density at radius 1 is 0.871 bits per heavy atom. The van der Waals surface area contributed by atoms with Crippen LogP contribution in [0.1, 0.15) is 59.9 Å². The zero-order valence-electron chi connectivity index (χ0n) is 19.9. The van der Waals surface area contributed by atoms with Crippen LogP contribution in [-0.2, 0) is 14.8 Å². The summed E-state index contributed by atoms with van der Waals surface area (Å²) < 4.78 is 28.5. The number of benzene rings is 1. The number of carbonyl (C=O) groups is 1. The third kappa shape index (κ3) is 5.15. The van der Waals surface area contributed by atoms with Crippen LogP contribution >= 0.6 is 0 Å². The van der Waals surface area contributed by atoms with Gasteiger partial charge in [0.05, 0.1) is 4.90 Å². The maximum Gasteiger partial charge on any atom is 0.243 e. The van der Waals surface area contributed by atoms with E-state index in [0.717, 1.165) is 40.8 Å². The lowest BCUT2D eigenvalue weighted by atomic mass is 9.95. The summed E-state index contributed by atoms with van der Waals surface area (Å²) in [5.41, 5.74) is 4.95. The van der Waals surface area contributed by atoms with Crippen LogP contribution in [0, 0.1) is 40.5 Å². The Morgan fingerprint density at radius 3 is 1.94 bits per heavy atom. The first-order chi connectivity index (χ1) is 14.6. The fraction of sp³-hybridized carbons (Fsp3) is 0.708. The average Bonchev–Trinajstić information content (AvgIpc) is 3.27. The molecule has 0 unspecified atom stereocenters. The number of piperidine rings is 1. The van der Waals surface area contributed by atoms with Crippen molar-refractivity contribution in [2.24, 2.45) is 5.92 Å². The van der Waals surface area contributed by atoms with Gasteiger partial charge in [0.2, 0.25) is 15.9 Å². The zero-order chi connectivity index (χ0) is 22.8. The van der Waals surface area contributed by atoms with Crippen molar-refractivity contribution in [3.05, 3.63) is 27.8 Å². The normalized spacial score (nSPS) is 19.1. The van der Waals surface area contributed by atoms with E-state index in [-0.39, 0.29) is 11.8 Å². The van der Waals surface area contributed by atoms with Gasteiger partial charge in [0, 0.05) is 25.6 Å². The summed E-state index contributed by atoms with van der Waals surface area (Å²) in [7, 11) is -3.57. The van der Waals surface area contributed by atoms with Gasteiger partial charge in [-0.15, -0.1) is 0 Å². The summed E-state index contributed by atoms with van der Waals surface area (Å²) in [6.45, 7) is 14.8. The Kier molecular flexibility index (Phi) is 7.81. The molecular formula is C24H39N3O3S. The van der Waals surface area contributed by atoms with Gasteiger partial charge in [0.15, 0.2) is 0 Å². The second-order valence-corrected chi connectivity index (χ2v) is 11.2. The van der Waals surface area contributed by atoms with E-state index in [0.29, 0.717) is 37.4 Å². The summed E-state index contributed by atoms with van der Waals surface area (Å²) in [5.74, 6) is -0.0187. The maximum atomic E-state index is 13.5. The first-order valence-corrected chi connectivity index (χ1v) is 13.2. The van der Waals surface area contributed by atoms with Crippen LogP contribution in [0.4, 0.5) is 0 Å². The van der Waals surface area contributed by atoms with E-state index in [4.69, 9.17) is 0 Å². The Morgan fingerprint density at radius 2 is 1.39 bits per heavy atom. The van der Waals surface area contributed by atoms with E-state index in [1.807, 2.05) is 27.7 Å². The van der Waals surface area contributed by atoms with Gasteiger partial charge in [0.25, 0.3) is 0 Å². The molecule has 2 saturated heterocycles. The molecule has 1 aromatic carbocycles. The summed E-state index contributed by atoms with van der Waals surface area (Å²) in [6, 6.07) is 0. The third-order valence-electron chi connectivity index (χ3n) is 7.50. The molecule has 2 heterocycles. The van der Waals surface area contributed by atoms with Gasteiger partial charge in [-0.1, -0.05) is 0 Å². The zero-order valence-corrected chi connectivity index (χ0v) is 20.7. The average molecular weight is 450 g/mol. The standard InChI is InChI=1S/C24H39N3O3S/c1-17-18(2)20(4)23(21(5)19(17)3)31(29,30)27-15-9-22(10-16-27)24(28)25-11-8-14-26-12-6-7-13-26/h22H,6-16H2,1-5H3,(H,25,28).